The van der Waals surface area contributed by atoms with E-state index in [1.807, 2.05) is 48.5 Å². The number of fused-ring (bicyclic) bond motifs is 1. The van der Waals surface area contributed by atoms with Crippen LogP contribution in [0.4, 0.5) is 0 Å². The van der Waals surface area contributed by atoms with Gasteiger partial charge in [0.25, 0.3) is 6.04 Å². The lowest BCUT2D eigenvalue weighted by Crippen LogP contribution is -2.51. The van der Waals surface area contributed by atoms with Gasteiger partial charge in [0.2, 0.25) is 0 Å². The second kappa shape index (κ2) is 7.92. The summed E-state index contributed by atoms with van der Waals surface area (Å²) in [6.45, 7) is 2.11. The highest BCUT2D eigenvalue weighted by atomic mass is 16.5. The normalized spacial score (nSPS) is 15.5. The molecule has 2 aromatic carbocycles. The third-order valence-corrected chi connectivity index (χ3v) is 4.45. The molecule has 130 valence electrons. The van der Waals surface area contributed by atoms with Gasteiger partial charge in [-0.15, -0.1) is 0 Å². The van der Waals surface area contributed by atoms with Crippen LogP contribution in [0.25, 0.3) is 10.8 Å². The Hall–Kier alpha value is -2.69. The summed E-state index contributed by atoms with van der Waals surface area (Å²) < 4.78 is 11.6. The van der Waals surface area contributed by atoms with Crippen LogP contribution in [0.2, 0.25) is 0 Å². The molecule has 6 heteroatoms. The number of carbonyl (C=O) groups excluding carboxylic acids is 2. The number of nitrogens with zero attached hydrogens (tertiary/aromatic N) is 2. The Bertz CT molecular complexity index is 803. The monoisotopic (exact) mass is 341 g/mol. The molecule has 2 aromatic rings. The molecule has 1 aliphatic rings. The summed E-state index contributed by atoms with van der Waals surface area (Å²) in [4.78, 5) is 24.0. The number of hydrazine groups is 1. The van der Waals surface area contributed by atoms with Gasteiger partial charge < -0.3 is 9.47 Å². The van der Waals surface area contributed by atoms with Crippen molar-refractivity contribution < 1.29 is 23.7 Å². The van der Waals surface area contributed by atoms with Crippen molar-refractivity contribution in [1.82, 2.24) is 5.01 Å². The van der Waals surface area contributed by atoms with Crippen LogP contribution in [0.1, 0.15) is 5.56 Å². The summed E-state index contributed by atoms with van der Waals surface area (Å²) in [6, 6.07) is 13.2. The zero-order chi connectivity index (χ0) is 17.6. The van der Waals surface area contributed by atoms with E-state index in [9.17, 15) is 9.59 Å². The van der Waals surface area contributed by atoms with E-state index in [1.54, 1.807) is 5.01 Å². The summed E-state index contributed by atoms with van der Waals surface area (Å²) in [5.41, 5.74) is 0.988. The van der Waals surface area contributed by atoms with E-state index < -0.39 is 12.0 Å². The molecular weight excluding hydrogens is 320 g/mol. The van der Waals surface area contributed by atoms with E-state index >= 15 is 0 Å². The van der Waals surface area contributed by atoms with Crippen molar-refractivity contribution in [3.63, 3.8) is 0 Å². The maximum absolute atomic E-state index is 12.4. The van der Waals surface area contributed by atoms with Gasteiger partial charge in [0, 0.05) is 0 Å². The maximum Gasteiger partial charge on any atom is 0.456 e. The zero-order valence-electron chi connectivity index (χ0n) is 14.2. The molecule has 1 saturated heterocycles. The molecule has 0 amide bonds. The molecule has 0 spiro atoms. The fraction of sp³-hybridized carbons (Fsp3) is 0.368. The van der Waals surface area contributed by atoms with Gasteiger partial charge in [-0.1, -0.05) is 42.5 Å². The number of hydrogen-bond donors (Lipinski definition) is 0. The van der Waals surface area contributed by atoms with Gasteiger partial charge in [-0.2, -0.15) is 9.80 Å². The molecule has 6 nitrogen and oxygen atoms in total. The van der Waals surface area contributed by atoms with E-state index in [0.29, 0.717) is 32.7 Å². The quantitative estimate of drug-likeness (QED) is 0.357. The summed E-state index contributed by atoms with van der Waals surface area (Å²) >= 11 is 0. The number of benzene rings is 2. The van der Waals surface area contributed by atoms with Gasteiger partial charge in [-0.3, -0.25) is 0 Å². The van der Waals surface area contributed by atoms with Crippen molar-refractivity contribution in [3.05, 3.63) is 48.0 Å². The third-order valence-electron chi connectivity index (χ3n) is 4.45. The molecule has 1 atom stereocenters. The Balaban J connectivity index is 1.95. The fourth-order valence-corrected chi connectivity index (χ4v) is 3.17. The van der Waals surface area contributed by atoms with E-state index in [-0.39, 0.29) is 0 Å². The first kappa shape index (κ1) is 17.1. The van der Waals surface area contributed by atoms with Crippen LogP contribution in [0.5, 0.6) is 0 Å². The van der Waals surface area contributed by atoms with Gasteiger partial charge in [0.1, 0.15) is 0 Å². The Labute approximate surface area is 146 Å². The van der Waals surface area contributed by atoms with Crippen molar-refractivity contribution in [2.45, 2.75) is 12.5 Å². The fourth-order valence-electron chi connectivity index (χ4n) is 3.17. The number of methoxy groups -OCH3 is 1. The molecule has 0 aromatic heterocycles. The molecule has 0 bridgehead atoms. The summed E-state index contributed by atoms with van der Waals surface area (Å²) in [7, 11) is 1.33. The molecule has 3 rings (SSSR count). The van der Waals surface area contributed by atoms with Gasteiger partial charge in [-0.05, 0) is 21.0 Å². The number of ether oxygens (including phenoxy) is 2. The van der Waals surface area contributed by atoms with Crippen molar-refractivity contribution >= 4 is 22.8 Å². The van der Waals surface area contributed by atoms with Crippen LogP contribution in [0.15, 0.2) is 42.5 Å². The molecule has 0 saturated carbocycles. The standard InChI is InChI=1S/C19H21N2O4/c1-24-19(23)18(21(14-22)20-9-11-25-12-10-20)13-16-7-4-6-15-5-2-3-8-17(15)16/h2-8,18H,9-13H2,1H3/q+1/t18-/m0/s1. The summed E-state index contributed by atoms with van der Waals surface area (Å²) in [5, 5.41) is 3.95. The highest BCUT2D eigenvalue weighted by Crippen LogP contribution is 2.21. The first-order chi connectivity index (χ1) is 12.2. The predicted molar refractivity (Wildman–Crippen MR) is 91.8 cm³/mol. The second-order valence-electron chi connectivity index (χ2n) is 5.88. The van der Waals surface area contributed by atoms with E-state index in [0.717, 1.165) is 16.3 Å². The lowest BCUT2D eigenvalue weighted by atomic mass is 9.99. The molecule has 1 aliphatic heterocycles. The number of esters is 1. The largest absolute Gasteiger partial charge is 0.464 e. The number of rotatable bonds is 5. The minimum atomic E-state index is -0.758. The van der Waals surface area contributed by atoms with E-state index in [4.69, 9.17) is 9.47 Å². The smallest absolute Gasteiger partial charge is 0.456 e. The molecule has 0 N–H and O–H groups in total. The van der Waals surface area contributed by atoms with E-state index in [1.165, 1.54) is 11.8 Å². The van der Waals surface area contributed by atoms with Gasteiger partial charge in [0.15, 0.2) is 0 Å². The molecular formula is C19H21N2O4+. The van der Waals surface area contributed by atoms with Gasteiger partial charge in [-0.25, -0.2) is 4.79 Å². The number of carbonyl (C=O) groups is 1. The average Bonchev–Trinajstić information content (AvgIpc) is 2.68. The number of hydrazone groups is 1. The Morgan fingerprint density at radius 1 is 1.24 bits per heavy atom. The van der Waals surface area contributed by atoms with Crippen LogP contribution in [-0.2, 0) is 25.5 Å². The van der Waals surface area contributed by atoms with Crippen molar-refractivity contribution in [1.29, 1.82) is 0 Å². The Kier molecular flexibility index (Phi) is 5.43. The summed E-state index contributed by atoms with van der Waals surface area (Å²) in [6.07, 6.45) is 2.27. The molecule has 1 fully saturated rings. The number of morpholine rings is 1. The zero-order valence-corrected chi connectivity index (χ0v) is 14.2. The van der Waals surface area contributed by atoms with Crippen LogP contribution in [-0.4, -0.2) is 61.2 Å². The Morgan fingerprint density at radius 3 is 2.68 bits per heavy atom. The minimum Gasteiger partial charge on any atom is -0.464 e. The molecule has 25 heavy (non-hydrogen) atoms. The van der Waals surface area contributed by atoms with Crippen LogP contribution >= 0.6 is 0 Å². The third kappa shape index (κ3) is 3.71. The van der Waals surface area contributed by atoms with Gasteiger partial charge >= 0.3 is 12.0 Å². The lowest BCUT2D eigenvalue weighted by molar-refractivity contribution is -0.709. The first-order valence-electron chi connectivity index (χ1n) is 8.28. The highest BCUT2D eigenvalue weighted by Gasteiger charge is 2.37. The molecule has 0 radical (unpaired) electrons. The molecule has 1 heterocycles. The maximum atomic E-state index is 12.4. The summed E-state index contributed by atoms with van der Waals surface area (Å²) in [5.74, 6) is -0.456. The average molecular weight is 341 g/mol. The molecule has 0 unspecified atom stereocenters. The Morgan fingerprint density at radius 2 is 1.96 bits per heavy atom. The van der Waals surface area contributed by atoms with Crippen molar-refractivity contribution in [2.24, 2.45) is 0 Å². The van der Waals surface area contributed by atoms with Crippen LogP contribution in [0.3, 0.4) is 0 Å². The SMILES string of the molecule is COC(=O)[C@H](Cc1cccc2ccccc12)[N+](=C=O)N1CCOCC1. The lowest BCUT2D eigenvalue weighted by Gasteiger charge is -2.25. The van der Waals surface area contributed by atoms with Crippen molar-refractivity contribution in [2.75, 3.05) is 33.4 Å². The highest BCUT2D eigenvalue weighted by molar-refractivity contribution is 5.86. The predicted octanol–water partition coefficient (Wildman–Crippen LogP) is 1.52. The van der Waals surface area contributed by atoms with Crippen molar-refractivity contribution in [3.8, 4) is 0 Å². The number of isocyanates is 1. The molecule has 0 aliphatic carbocycles. The number of hydrogen-bond acceptors (Lipinski definition) is 5. The topological polar surface area (TPSA) is 58.9 Å². The van der Waals surface area contributed by atoms with Crippen LogP contribution in [0, 0.1) is 0 Å². The van der Waals surface area contributed by atoms with E-state index in [2.05, 4.69) is 0 Å². The minimum absolute atomic E-state index is 0.362. The first-order valence-corrected chi connectivity index (χ1v) is 8.28. The van der Waals surface area contributed by atoms with Gasteiger partial charge in [0.05, 0.1) is 39.8 Å². The van der Waals surface area contributed by atoms with Crippen LogP contribution < -0.4 is 0 Å². The second-order valence-corrected chi connectivity index (χ2v) is 5.88.